The number of H-pyrrole nitrogens is 1. The molecule has 0 radical (unpaired) electrons. The molecule has 2 heterocycles. The standard InChI is InChI=1S/C25H27ClFN3O2/c1-30(14-2-3-22-17-23(29-28-22)18-4-10-21(27)11-5-18)24(31)25(12-15-32-16-13-25)19-6-8-20(26)9-7-19/h4-11,17H,2-3,12-16H2,1H3,(H,28,29). The molecule has 1 N–H and O–H groups in total. The Balaban J connectivity index is 1.38. The summed E-state index contributed by atoms with van der Waals surface area (Å²) in [7, 11) is 1.87. The highest BCUT2D eigenvalue weighted by molar-refractivity contribution is 6.30. The molecule has 0 atom stereocenters. The average Bonchev–Trinajstić information content (AvgIpc) is 3.29. The minimum Gasteiger partial charge on any atom is -0.381 e. The minimum atomic E-state index is -0.568. The SMILES string of the molecule is CN(CCCc1cc(-c2ccc(F)cc2)n[nH]1)C(=O)C1(c2ccc(Cl)cc2)CCOCC1. The molecule has 1 fully saturated rings. The number of carbonyl (C=O) groups is 1. The molecular weight excluding hydrogens is 429 g/mol. The van der Waals surface area contributed by atoms with E-state index in [1.54, 1.807) is 12.1 Å². The molecule has 7 heteroatoms. The highest BCUT2D eigenvalue weighted by atomic mass is 35.5. The zero-order valence-electron chi connectivity index (χ0n) is 18.1. The molecule has 168 valence electrons. The van der Waals surface area contributed by atoms with Gasteiger partial charge in [-0.2, -0.15) is 5.10 Å². The predicted molar refractivity (Wildman–Crippen MR) is 123 cm³/mol. The quantitative estimate of drug-likeness (QED) is 0.545. The number of amides is 1. The number of ether oxygens (including phenoxy) is 1. The van der Waals surface area contributed by atoms with Gasteiger partial charge in [0.25, 0.3) is 0 Å². The first-order valence-electron chi connectivity index (χ1n) is 10.9. The minimum absolute atomic E-state index is 0.125. The summed E-state index contributed by atoms with van der Waals surface area (Å²) in [4.78, 5) is 15.4. The van der Waals surface area contributed by atoms with Gasteiger partial charge in [-0.15, -0.1) is 0 Å². The van der Waals surface area contributed by atoms with Crippen LogP contribution in [0, 0.1) is 5.82 Å². The number of nitrogens with one attached hydrogen (secondary N) is 1. The monoisotopic (exact) mass is 455 g/mol. The normalized spacial score (nSPS) is 15.5. The first kappa shape index (κ1) is 22.5. The van der Waals surface area contributed by atoms with Crippen LogP contribution in [0.25, 0.3) is 11.3 Å². The van der Waals surface area contributed by atoms with Gasteiger partial charge < -0.3 is 9.64 Å². The molecule has 1 saturated heterocycles. The van der Waals surface area contributed by atoms with Gasteiger partial charge in [0, 0.05) is 43.1 Å². The summed E-state index contributed by atoms with van der Waals surface area (Å²) in [5, 5.41) is 8.04. The van der Waals surface area contributed by atoms with Gasteiger partial charge in [-0.25, -0.2) is 4.39 Å². The first-order valence-corrected chi connectivity index (χ1v) is 11.3. The molecule has 32 heavy (non-hydrogen) atoms. The van der Waals surface area contributed by atoms with Crippen LogP contribution in [0.15, 0.2) is 54.6 Å². The molecule has 0 bridgehead atoms. The van der Waals surface area contributed by atoms with E-state index < -0.39 is 5.41 Å². The van der Waals surface area contributed by atoms with Gasteiger partial charge in [0.2, 0.25) is 5.91 Å². The Morgan fingerprint density at radius 3 is 2.53 bits per heavy atom. The van der Waals surface area contributed by atoms with Crippen molar-refractivity contribution in [3.63, 3.8) is 0 Å². The summed E-state index contributed by atoms with van der Waals surface area (Å²) in [6.45, 7) is 1.78. The average molecular weight is 456 g/mol. The highest BCUT2D eigenvalue weighted by Gasteiger charge is 2.43. The van der Waals surface area contributed by atoms with E-state index in [-0.39, 0.29) is 11.7 Å². The lowest BCUT2D eigenvalue weighted by atomic mass is 9.73. The van der Waals surface area contributed by atoms with Gasteiger partial charge in [0.15, 0.2) is 0 Å². The third-order valence-electron chi connectivity index (χ3n) is 6.21. The molecule has 3 aromatic rings. The van der Waals surface area contributed by atoms with Crippen molar-refractivity contribution in [3.05, 3.63) is 76.7 Å². The van der Waals surface area contributed by atoms with E-state index >= 15 is 0 Å². The maximum absolute atomic E-state index is 13.6. The molecule has 0 unspecified atom stereocenters. The third kappa shape index (κ3) is 4.87. The summed E-state index contributed by atoms with van der Waals surface area (Å²) in [6, 6.07) is 15.9. The first-order chi connectivity index (χ1) is 15.5. The molecule has 4 rings (SSSR count). The number of rotatable bonds is 7. The number of benzene rings is 2. The fourth-order valence-corrected chi connectivity index (χ4v) is 4.47. The number of aryl methyl sites for hydroxylation is 1. The van der Waals surface area contributed by atoms with Crippen molar-refractivity contribution >= 4 is 17.5 Å². The zero-order valence-corrected chi connectivity index (χ0v) is 18.9. The van der Waals surface area contributed by atoms with Crippen LogP contribution in [0.1, 0.15) is 30.5 Å². The molecule has 2 aromatic carbocycles. The Morgan fingerprint density at radius 1 is 1.16 bits per heavy atom. The van der Waals surface area contributed by atoms with Crippen molar-refractivity contribution in [2.45, 2.75) is 31.1 Å². The molecule has 0 aliphatic carbocycles. The maximum atomic E-state index is 13.6. The molecule has 5 nitrogen and oxygen atoms in total. The Kier molecular flexibility index (Phi) is 6.92. The van der Waals surface area contributed by atoms with Gasteiger partial charge in [-0.1, -0.05) is 23.7 Å². The number of nitrogens with zero attached hydrogens (tertiary/aromatic N) is 2. The van der Waals surface area contributed by atoms with Crippen LogP contribution < -0.4 is 0 Å². The van der Waals surface area contributed by atoms with E-state index in [9.17, 15) is 9.18 Å². The second-order valence-electron chi connectivity index (χ2n) is 8.32. The van der Waals surface area contributed by atoms with Gasteiger partial charge in [-0.05, 0) is 73.7 Å². The number of hydrogen-bond donors (Lipinski definition) is 1. The van der Waals surface area contributed by atoms with Crippen LogP contribution in [0.4, 0.5) is 4.39 Å². The fraction of sp³-hybridized carbons (Fsp3) is 0.360. The Hall–Kier alpha value is -2.70. The Labute approximate surface area is 192 Å². The van der Waals surface area contributed by atoms with Crippen LogP contribution in [0.3, 0.4) is 0 Å². The van der Waals surface area contributed by atoms with E-state index in [1.807, 2.05) is 42.3 Å². The van der Waals surface area contributed by atoms with Crippen molar-refractivity contribution in [3.8, 4) is 11.3 Å². The molecular formula is C25H27ClFN3O2. The van der Waals surface area contributed by atoms with Gasteiger partial charge >= 0.3 is 0 Å². The van der Waals surface area contributed by atoms with Crippen molar-refractivity contribution in [2.24, 2.45) is 0 Å². The van der Waals surface area contributed by atoms with Crippen LogP contribution in [0.5, 0.6) is 0 Å². The van der Waals surface area contributed by atoms with Crippen LogP contribution in [-0.2, 0) is 21.4 Å². The summed E-state index contributed by atoms with van der Waals surface area (Å²) < 4.78 is 18.7. The van der Waals surface area contributed by atoms with Crippen molar-refractivity contribution < 1.29 is 13.9 Å². The number of aromatic amines is 1. The lowest BCUT2D eigenvalue weighted by Gasteiger charge is -2.39. The Morgan fingerprint density at radius 2 is 1.84 bits per heavy atom. The molecule has 0 saturated carbocycles. The third-order valence-corrected chi connectivity index (χ3v) is 6.46. The van der Waals surface area contributed by atoms with E-state index in [0.717, 1.165) is 35.4 Å². The molecule has 1 aliphatic heterocycles. The fourth-order valence-electron chi connectivity index (χ4n) is 4.35. The molecule has 1 aliphatic rings. The molecule has 1 aromatic heterocycles. The number of likely N-dealkylation sites (N-methyl/N-ethyl adjacent to an activating group) is 1. The number of hydrogen-bond acceptors (Lipinski definition) is 3. The van der Waals surface area contributed by atoms with Crippen molar-refractivity contribution in [1.82, 2.24) is 15.1 Å². The topological polar surface area (TPSA) is 58.2 Å². The zero-order chi connectivity index (χ0) is 22.6. The summed E-state index contributed by atoms with van der Waals surface area (Å²) in [6.07, 6.45) is 2.90. The van der Waals surface area contributed by atoms with E-state index in [0.29, 0.717) is 37.6 Å². The number of aromatic nitrogens is 2. The molecule has 0 spiro atoms. The van der Waals surface area contributed by atoms with Crippen LogP contribution >= 0.6 is 11.6 Å². The predicted octanol–water partition coefficient (Wildman–Crippen LogP) is 5.01. The van der Waals surface area contributed by atoms with E-state index in [1.165, 1.54) is 12.1 Å². The largest absolute Gasteiger partial charge is 0.381 e. The summed E-state index contributed by atoms with van der Waals surface area (Å²) in [5.41, 5.74) is 3.07. The smallest absolute Gasteiger partial charge is 0.233 e. The number of halogens is 2. The van der Waals surface area contributed by atoms with Crippen molar-refractivity contribution in [2.75, 3.05) is 26.8 Å². The van der Waals surface area contributed by atoms with Gasteiger partial charge in [0.05, 0.1) is 11.1 Å². The van der Waals surface area contributed by atoms with Crippen LogP contribution in [0.2, 0.25) is 5.02 Å². The maximum Gasteiger partial charge on any atom is 0.233 e. The highest BCUT2D eigenvalue weighted by Crippen LogP contribution is 2.37. The second kappa shape index (κ2) is 9.84. The van der Waals surface area contributed by atoms with Gasteiger partial charge in [-0.3, -0.25) is 9.89 Å². The summed E-state index contributed by atoms with van der Waals surface area (Å²) >= 11 is 6.07. The van der Waals surface area contributed by atoms with Crippen molar-refractivity contribution in [1.29, 1.82) is 0 Å². The van der Waals surface area contributed by atoms with E-state index in [2.05, 4.69) is 10.2 Å². The Bertz CT molecular complexity index is 1040. The lowest BCUT2D eigenvalue weighted by Crippen LogP contribution is -2.49. The van der Waals surface area contributed by atoms with E-state index in [4.69, 9.17) is 16.3 Å². The van der Waals surface area contributed by atoms with Gasteiger partial charge in [0.1, 0.15) is 5.82 Å². The second-order valence-corrected chi connectivity index (χ2v) is 8.75. The summed E-state index contributed by atoms with van der Waals surface area (Å²) in [5.74, 6) is -0.141. The van der Waals surface area contributed by atoms with Crippen LogP contribution in [-0.4, -0.2) is 47.8 Å². The molecule has 1 amide bonds. The lowest BCUT2D eigenvalue weighted by molar-refractivity contribution is -0.140. The number of carbonyl (C=O) groups excluding carboxylic acids is 1.